The van der Waals surface area contributed by atoms with Crippen LogP contribution < -0.4 is 5.32 Å². The number of halogens is 1. The van der Waals surface area contributed by atoms with Gasteiger partial charge in [0.15, 0.2) is 0 Å². The Kier molecular flexibility index (Phi) is 10.4. The Morgan fingerprint density at radius 1 is 1.33 bits per heavy atom. The zero-order valence-corrected chi connectivity index (χ0v) is 10.8. The van der Waals surface area contributed by atoms with E-state index in [-0.39, 0.29) is 12.4 Å². The van der Waals surface area contributed by atoms with Crippen LogP contribution in [0.15, 0.2) is 17.5 Å². The largest absolute Gasteiger partial charge is 0.385 e. The summed E-state index contributed by atoms with van der Waals surface area (Å²) in [5.41, 5.74) is 0. The lowest BCUT2D eigenvalue weighted by Crippen LogP contribution is -2.13. The quantitative estimate of drug-likeness (QED) is 0.715. The monoisotopic (exact) mass is 249 g/mol. The molecule has 0 saturated heterocycles. The maximum absolute atomic E-state index is 4.99. The molecule has 1 N–H and O–H groups in total. The second-order valence-corrected chi connectivity index (χ2v) is 4.34. The topological polar surface area (TPSA) is 21.3 Å². The van der Waals surface area contributed by atoms with Crippen LogP contribution in [0.5, 0.6) is 0 Å². The van der Waals surface area contributed by atoms with Gasteiger partial charge in [-0.15, -0.1) is 23.7 Å². The lowest BCUT2D eigenvalue weighted by Gasteiger charge is -2.02. The molecular formula is C11H20ClNOS. The summed E-state index contributed by atoms with van der Waals surface area (Å²) < 4.78 is 4.99. The highest BCUT2D eigenvalue weighted by Crippen LogP contribution is 2.07. The summed E-state index contributed by atoms with van der Waals surface area (Å²) in [5, 5.41) is 5.55. The first kappa shape index (κ1) is 14.9. The third kappa shape index (κ3) is 7.79. The summed E-state index contributed by atoms with van der Waals surface area (Å²) in [7, 11) is 1.76. The molecule has 0 spiro atoms. The van der Waals surface area contributed by atoms with Crippen LogP contribution in [-0.4, -0.2) is 20.3 Å². The van der Waals surface area contributed by atoms with Gasteiger partial charge in [-0.3, -0.25) is 0 Å². The van der Waals surface area contributed by atoms with Crippen molar-refractivity contribution in [2.45, 2.75) is 25.8 Å². The van der Waals surface area contributed by atoms with E-state index in [9.17, 15) is 0 Å². The third-order valence-electron chi connectivity index (χ3n) is 2.08. The number of methoxy groups -OCH3 is 1. The summed E-state index contributed by atoms with van der Waals surface area (Å²) in [6.45, 7) is 3.02. The van der Waals surface area contributed by atoms with Gasteiger partial charge in [0.05, 0.1) is 0 Å². The van der Waals surface area contributed by atoms with E-state index in [1.54, 1.807) is 7.11 Å². The van der Waals surface area contributed by atoms with Crippen LogP contribution in [0.4, 0.5) is 0 Å². The van der Waals surface area contributed by atoms with Crippen molar-refractivity contribution in [2.24, 2.45) is 0 Å². The number of thiophene rings is 1. The molecule has 0 aliphatic rings. The van der Waals surface area contributed by atoms with E-state index in [4.69, 9.17) is 4.74 Å². The van der Waals surface area contributed by atoms with Crippen molar-refractivity contribution in [3.05, 3.63) is 22.4 Å². The molecule has 0 radical (unpaired) electrons. The van der Waals surface area contributed by atoms with E-state index < -0.39 is 0 Å². The molecular weight excluding hydrogens is 230 g/mol. The summed E-state index contributed by atoms with van der Waals surface area (Å²) in [6, 6.07) is 4.27. The van der Waals surface area contributed by atoms with Gasteiger partial charge in [-0.05, 0) is 37.3 Å². The van der Waals surface area contributed by atoms with Crippen LogP contribution in [0.25, 0.3) is 0 Å². The van der Waals surface area contributed by atoms with Crippen LogP contribution in [-0.2, 0) is 11.3 Å². The van der Waals surface area contributed by atoms with Gasteiger partial charge < -0.3 is 10.1 Å². The molecule has 15 heavy (non-hydrogen) atoms. The summed E-state index contributed by atoms with van der Waals surface area (Å²) in [6.07, 6.45) is 3.68. The number of unbranched alkanes of at least 4 members (excludes halogenated alkanes) is 2. The minimum Gasteiger partial charge on any atom is -0.385 e. The van der Waals surface area contributed by atoms with Gasteiger partial charge >= 0.3 is 0 Å². The number of hydrogen-bond acceptors (Lipinski definition) is 3. The molecule has 0 atom stereocenters. The van der Waals surface area contributed by atoms with Gasteiger partial charge in [0.25, 0.3) is 0 Å². The van der Waals surface area contributed by atoms with Crippen molar-refractivity contribution in [3.63, 3.8) is 0 Å². The molecule has 4 heteroatoms. The first-order chi connectivity index (χ1) is 6.93. The molecule has 1 aromatic rings. The predicted molar refractivity (Wildman–Crippen MR) is 69.0 cm³/mol. The van der Waals surface area contributed by atoms with Crippen molar-refractivity contribution in [1.82, 2.24) is 5.32 Å². The molecule has 88 valence electrons. The molecule has 1 heterocycles. The van der Waals surface area contributed by atoms with Gasteiger partial charge in [0, 0.05) is 25.1 Å². The zero-order chi connectivity index (χ0) is 10.1. The SMILES string of the molecule is COCCCCCNCc1cccs1.Cl. The highest BCUT2D eigenvalue weighted by atomic mass is 35.5. The Bertz CT molecular complexity index is 216. The number of hydrogen-bond donors (Lipinski definition) is 1. The van der Waals surface area contributed by atoms with E-state index in [0.717, 1.165) is 19.7 Å². The van der Waals surface area contributed by atoms with E-state index in [1.807, 2.05) is 11.3 Å². The van der Waals surface area contributed by atoms with E-state index >= 15 is 0 Å². The van der Waals surface area contributed by atoms with E-state index in [0.29, 0.717) is 0 Å². The lowest BCUT2D eigenvalue weighted by molar-refractivity contribution is 0.192. The number of rotatable bonds is 8. The molecule has 0 saturated carbocycles. The number of nitrogens with one attached hydrogen (secondary N) is 1. The van der Waals surface area contributed by atoms with Crippen LogP contribution in [0.2, 0.25) is 0 Å². The maximum Gasteiger partial charge on any atom is 0.0462 e. The Balaban J connectivity index is 0.00000196. The molecule has 0 aliphatic carbocycles. The Labute approximate surface area is 102 Å². The molecule has 0 fully saturated rings. The Morgan fingerprint density at radius 2 is 2.20 bits per heavy atom. The molecule has 0 amide bonds. The minimum absolute atomic E-state index is 0. The van der Waals surface area contributed by atoms with E-state index in [2.05, 4.69) is 22.8 Å². The molecule has 1 rings (SSSR count). The summed E-state index contributed by atoms with van der Waals surface area (Å²) in [4.78, 5) is 1.42. The summed E-state index contributed by atoms with van der Waals surface area (Å²) >= 11 is 1.81. The van der Waals surface area contributed by atoms with Crippen molar-refractivity contribution >= 4 is 23.7 Å². The smallest absolute Gasteiger partial charge is 0.0462 e. The molecule has 2 nitrogen and oxygen atoms in total. The highest BCUT2D eigenvalue weighted by Gasteiger charge is 1.92. The molecule has 1 aromatic heterocycles. The third-order valence-corrected chi connectivity index (χ3v) is 2.96. The predicted octanol–water partition coefficient (Wildman–Crippen LogP) is 3.08. The lowest BCUT2D eigenvalue weighted by atomic mass is 10.2. The van der Waals surface area contributed by atoms with Gasteiger partial charge in [0.1, 0.15) is 0 Å². The normalized spacial score (nSPS) is 9.93. The van der Waals surface area contributed by atoms with Crippen molar-refractivity contribution in [1.29, 1.82) is 0 Å². The van der Waals surface area contributed by atoms with Gasteiger partial charge in [-0.2, -0.15) is 0 Å². The van der Waals surface area contributed by atoms with Crippen molar-refractivity contribution < 1.29 is 4.74 Å². The van der Waals surface area contributed by atoms with Crippen LogP contribution in [0.1, 0.15) is 24.1 Å². The molecule has 0 bridgehead atoms. The van der Waals surface area contributed by atoms with Crippen LogP contribution >= 0.6 is 23.7 Å². The fraction of sp³-hybridized carbons (Fsp3) is 0.636. The second-order valence-electron chi connectivity index (χ2n) is 3.31. The van der Waals surface area contributed by atoms with Gasteiger partial charge in [0.2, 0.25) is 0 Å². The Morgan fingerprint density at radius 3 is 2.87 bits per heavy atom. The van der Waals surface area contributed by atoms with Gasteiger partial charge in [-0.25, -0.2) is 0 Å². The summed E-state index contributed by atoms with van der Waals surface area (Å²) in [5.74, 6) is 0. The Hall–Kier alpha value is -0.0900. The fourth-order valence-electron chi connectivity index (χ4n) is 1.30. The number of ether oxygens (including phenoxy) is 1. The average Bonchev–Trinajstić information content (AvgIpc) is 2.69. The maximum atomic E-state index is 4.99. The second kappa shape index (κ2) is 10.4. The standard InChI is InChI=1S/C11H19NOS.ClH/c1-13-8-4-2-3-7-12-10-11-6-5-9-14-11;/h5-6,9,12H,2-4,7-8,10H2,1H3;1H. The first-order valence-electron chi connectivity index (χ1n) is 5.15. The first-order valence-corrected chi connectivity index (χ1v) is 6.03. The van der Waals surface area contributed by atoms with E-state index in [1.165, 1.54) is 24.1 Å². The van der Waals surface area contributed by atoms with Crippen molar-refractivity contribution in [2.75, 3.05) is 20.3 Å². The van der Waals surface area contributed by atoms with Crippen LogP contribution in [0, 0.1) is 0 Å². The van der Waals surface area contributed by atoms with Crippen molar-refractivity contribution in [3.8, 4) is 0 Å². The van der Waals surface area contributed by atoms with Crippen LogP contribution in [0.3, 0.4) is 0 Å². The molecule has 0 aromatic carbocycles. The average molecular weight is 250 g/mol. The zero-order valence-electron chi connectivity index (χ0n) is 9.20. The fourth-order valence-corrected chi connectivity index (χ4v) is 1.97. The van der Waals surface area contributed by atoms with Gasteiger partial charge in [-0.1, -0.05) is 6.07 Å². The highest BCUT2D eigenvalue weighted by molar-refractivity contribution is 7.09. The molecule has 0 unspecified atom stereocenters. The molecule has 0 aliphatic heterocycles. The minimum atomic E-state index is 0.